The summed E-state index contributed by atoms with van der Waals surface area (Å²) in [4.78, 5) is 16.5. The van der Waals surface area contributed by atoms with E-state index in [2.05, 4.69) is 6.07 Å². The van der Waals surface area contributed by atoms with E-state index in [4.69, 9.17) is 4.98 Å². The molecule has 0 amide bonds. The smallest absolute Gasteiger partial charge is 0.315 e. The van der Waals surface area contributed by atoms with Crippen LogP contribution in [0.4, 0.5) is 0 Å². The van der Waals surface area contributed by atoms with Crippen molar-refractivity contribution in [2.24, 2.45) is 5.41 Å². The molecule has 3 heteroatoms. The first-order chi connectivity index (χ1) is 9.14. The number of hydrogen-bond acceptors (Lipinski definition) is 2. The van der Waals surface area contributed by atoms with Crippen LogP contribution in [0, 0.1) is 5.41 Å². The van der Waals surface area contributed by atoms with Gasteiger partial charge in [0.15, 0.2) is 0 Å². The molecule has 0 bridgehead atoms. The van der Waals surface area contributed by atoms with Crippen molar-refractivity contribution in [2.45, 2.75) is 56.8 Å². The normalized spacial score (nSPS) is 25.5. The Morgan fingerprint density at radius 1 is 1.16 bits per heavy atom. The molecule has 0 radical (unpaired) electrons. The number of aromatic nitrogens is 1. The zero-order valence-corrected chi connectivity index (χ0v) is 11.1. The minimum atomic E-state index is -0.678. The Balaban J connectivity index is 1.72. The van der Waals surface area contributed by atoms with Crippen molar-refractivity contribution in [3.8, 4) is 0 Å². The highest BCUT2D eigenvalue weighted by Crippen LogP contribution is 2.68. The minimum absolute atomic E-state index is 0.371. The summed E-state index contributed by atoms with van der Waals surface area (Å²) < 4.78 is 0. The van der Waals surface area contributed by atoms with E-state index < -0.39 is 11.4 Å². The van der Waals surface area contributed by atoms with Crippen LogP contribution in [0.15, 0.2) is 12.1 Å². The predicted molar refractivity (Wildman–Crippen MR) is 71.1 cm³/mol. The van der Waals surface area contributed by atoms with Crippen molar-refractivity contribution in [3.05, 3.63) is 29.1 Å². The molecule has 0 unspecified atom stereocenters. The van der Waals surface area contributed by atoms with Crippen molar-refractivity contribution in [1.29, 1.82) is 0 Å². The molecule has 3 aliphatic carbocycles. The van der Waals surface area contributed by atoms with Gasteiger partial charge in [0.05, 0.1) is 5.69 Å². The summed E-state index contributed by atoms with van der Waals surface area (Å²) >= 11 is 0. The third kappa shape index (κ3) is 1.57. The summed E-state index contributed by atoms with van der Waals surface area (Å²) in [6, 6.07) is 4.10. The molecule has 1 aromatic rings. The molecule has 1 heterocycles. The minimum Gasteiger partial charge on any atom is -0.481 e. The fourth-order valence-electron chi connectivity index (χ4n) is 4.05. The molecule has 19 heavy (non-hydrogen) atoms. The van der Waals surface area contributed by atoms with E-state index in [0.29, 0.717) is 5.41 Å². The Morgan fingerprint density at radius 3 is 2.58 bits per heavy atom. The van der Waals surface area contributed by atoms with E-state index >= 15 is 0 Å². The number of rotatable bonds is 2. The van der Waals surface area contributed by atoms with Crippen LogP contribution in [0.3, 0.4) is 0 Å². The van der Waals surface area contributed by atoms with Crippen molar-refractivity contribution in [1.82, 2.24) is 4.98 Å². The van der Waals surface area contributed by atoms with E-state index in [1.54, 1.807) is 0 Å². The van der Waals surface area contributed by atoms with Crippen LogP contribution in [0.5, 0.6) is 0 Å². The molecule has 0 aliphatic heterocycles. The SMILES string of the molecule is O=C(O)C1(c2ccc3c(n2)CCCC3)CC2(CC2)C1. The van der Waals surface area contributed by atoms with Crippen molar-refractivity contribution in [3.63, 3.8) is 0 Å². The molecule has 0 saturated heterocycles. The molecule has 0 atom stereocenters. The lowest BCUT2D eigenvalue weighted by molar-refractivity contribution is -0.151. The summed E-state index contributed by atoms with van der Waals surface area (Å²) in [7, 11) is 0. The monoisotopic (exact) mass is 257 g/mol. The number of hydrogen-bond donors (Lipinski definition) is 1. The van der Waals surface area contributed by atoms with Crippen LogP contribution < -0.4 is 0 Å². The number of carboxylic acid groups (broad SMARTS) is 1. The average molecular weight is 257 g/mol. The second-order valence-electron chi connectivity index (χ2n) is 6.75. The third-order valence-electron chi connectivity index (χ3n) is 5.39. The topological polar surface area (TPSA) is 50.2 Å². The number of aryl methyl sites for hydroxylation is 2. The van der Waals surface area contributed by atoms with Crippen LogP contribution in [-0.4, -0.2) is 16.1 Å². The Morgan fingerprint density at radius 2 is 1.89 bits per heavy atom. The van der Waals surface area contributed by atoms with Gasteiger partial charge in [-0.15, -0.1) is 0 Å². The van der Waals surface area contributed by atoms with Crippen LogP contribution in [0.25, 0.3) is 0 Å². The number of aliphatic carboxylic acids is 1. The number of pyridine rings is 1. The Labute approximate surface area is 113 Å². The molecule has 100 valence electrons. The van der Waals surface area contributed by atoms with Gasteiger partial charge in [-0.05, 0) is 68.4 Å². The fourth-order valence-corrected chi connectivity index (χ4v) is 4.05. The summed E-state index contributed by atoms with van der Waals surface area (Å²) in [5.74, 6) is -0.673. The van der Waals surface area contributed by atoms with Gasteiger partial charge in [0.25, 0.3) is 0 Å². The molecular formula is C16H19NO2. The van der Waals surface area contributed by atoms with Crippen molar-refractivity contribution < 1.29 is 9.90 Å². The highest BCUT2D eigenvalue weighted by atomic mass is 16.4. The maximum absolute atomic E-state index is 11.7. The highest BCUT2D eigenvalue weighted by Gasteiger charge is 2.65. The second kappa shape index (κ2) is 3.59. The molecule has 1 spiro atoms. The summed E-state index contributed by atoms with van der Waals surface area (Å²) in [5.41, 5.74) is 2.99. The lowest BCUT2D eigenvalue weighted by atomic mass is 9.57. The first-order valence-electron chi connectivity index (χ1n) is 7.36. The van der Waals surface area contributed by atoms with E-state index in [9.17, 15) is 9.90 Å². The Hall–Kier alpha value is -1.38. The molecule has 2 fully saturated rings. The van der Waals surface area contributed by atoms with Gasteiger partial charge in [-0.3, -0.25) is 9.78 Å². The van der Waals surface area contributed by atoms with Gasteiger partial charge < -0.3 is 5.11 Å². The zero-order valence-electron chi connectivity index (χ0n) is 11.1. The lowest BCUT2D eigenvalue weighted by Crippen LogP contribution is -2.49. The molecule has 4 rings (SSSR count). The Bertz CT molecular complexity index is 552. The first kappa shape index (κ1) is 11.4. The predicted octanol–water partition coefficient (Wildman–Crippen LogP) is 2.86. The maximum Gasteiger partial charge on any atom is 0.315 e. The van der Waals surface area contributed by atoms with Gasteiger partial charge >= 0.3 is 5.97 Å². The van der Waals surface area contributed by atoms with Crippen molar-refractivity contribution >= 4 is 5.97 Å². The number of nitrogens with zero attached hydrogens (tertiary/aromatic N) is 1. The van der Waals surface area contributed by atoms with E-state index in [-0.39, 0.29) is 0 Å². The van der Waals surface area contributed by atoms with E-state index in [1.165, 1.54) is 31.2 Å². The van der Waals surface area contributed by atoms with Crippen LogP contribution in [0.2, 0.25) is 0 Å². The highest BCUT2D eigenvalue weighted by molar-refractivity contribution is 5.83. The summed E-state index contributed by atoms with van der Waals surface area (Å²) in [6.45, 7) is 0. The molecule has 1 aromatic heterocycles. The van der Waals surface area contributed by atoms with Crippen LogP contribution in [0.1, 0.15) is 55.5 Å². The quantitative estimate of drug-likeness (QED) is 0.886. The summed E-state index contributed by atoms with van der Waals surface area (Å²) in [6.07, 6.45) is 8.59. The number of carboxylic acids is 1. The maximum atomic E-state index is 11.7. The standard InChI is InChI=1S/C16H19NO2/c18-14(19)16(9-15(10-16)7-8-15)13-6-5-11-3-1-2-4-12(11)17-13/h5-6H,1-4,7-10H2,(H,18,19). The molecule has 1 N–H and O–H groups in total. The lowest BCUT2D eigenvalue weighted by Gasteiger charge is -2.45. The zero-order chi connectivity index (χ0) is 13.1. The third-order valence-corrected chi connectivity index (χ3v) is 5.39. The number of fused-ring (bicyclic) bond motifs is 1. The summed E-state index contributed by atoms with van der Waals surface area (Å²) in [5, 5.41) is 9.66. The van der Waals surface area contributed by atoms with Gasteiger partial charge in [0, 0.05) is 5.69 Å². The van der Waals surface area contributed by atoms with Gasteiger partial charge in [-0.25, -0.2) is 0 Å². The molecule has 2 saturated carbocycles. The molecule has 0 aromatic carbocycles. The van der Waals surface area contributed by atoms with Gasteiger partial charge in [0.2, 0.25) is 0 Å². The van der Waals surface area contributed by atoms with Crippen molar-refractivity contribution in [2.75, 3.05) is 0 Å². The molecule has 3 aliphatic rings. The first-order valence-corrected chi connectivity index (χ1v) is 7.36. The Kier molecular flexibility index (Phi) is 2.16. The van der Waals surface area contributed by atoms with E-state index in [0.717, 1.165) is 37.1 Å². The van der Waals surface area contributed by atoms with Gasteiger partial charge in [-0.1, -0.05) is 6.07 Å². The molecular weight excluding hydrogens is 238 g/mol. The van der Waals surface area contributed by atoms with Crippen LogP contribution >= 0.6 is 0 Å². The largest absolute Gasteiger partial charge is 0.481 e. The fraction of sp³-hybridized carbons (Fsp3) is 0.625. The molecule has 3 nitrogen and oxygen atoms in total. The van der Waals surface area contributed by atoms with Gasteiger partial charge in [0.1, 0.15) is 5.41 Å². The van der Waals surface area contributed by atoms with Gasteiger partial charge in [-0.2, -0.15) is 0 Å². The average Bonchev–Trinajstić information content (AvgIpc) is 3.16. The number of carbonyl (C=O) groups is 1. The van der Waals surface area contributed by atoms with Crippen LogP contribution in [-0.2, 0) is 23.1 Å². The second-order valence-corrected chi connectivity index (χ2v) is 6.75. The van der Waals surface area contributed by atoms with E-state index in [1.807, 2.05) is 6.07 Å².